The van der Waals surface area contributed by atoms with Crippen LogP contribution in [0.15, 0.2) is 48.7 Å². The minimum absolute atomic E-state index is 0.120. The Kier molecular flexibility index (Phi) is 5.45. The highest BCUT2D eigenvalue weighted by molar-refractivity contribution is 5.70. The van der Waals surface area contributed by atoms with Gasteiger partial charge in [-0.3, -0.25) is 4.98 Å². The normalized spacial score (nSPS) is 16.0. The third kappa shape index (κ3) is 4.02. The predicted octanol–water partition coefficient (Wildman–Crippen LogP) is 4.41. The number of fused-ring (bicyclic) bond motifs is 1. The largest absolute Gasteiger partial charge is 0.432 e. The van der Waals surface area contributed by atoms with Gasteiger partial charge in [0.25, 0.3) is 0 Å². The minimum Gasteiger partial charge on any atom is -0.432 e. The van der Waals surface area contributed by atoms with Gasteiger partial charge < -0.3 is 19.3 Å². The molecule has 1 aromatic carbocycles. The fraction of sp³-hybridized carbons (Fsp3) is 0.238. The fourth-order valence-electron chi connectivity index (χ4n) is 3.13. The zero-order chi connectivity index (χ0) is 21.3. The van der Waals surface area contributed by atoms with Crippen molar-refractivity contribution in [3.8, 4) is 28.5 Å². The quantitative estimate of drug-likeness (QED) is 0.639. The highest BCUT2D eigenvalue weighted by Crippen LogP contribution is 2.40. The number of aliphatic hydroxyl groups is 1. The van der Waals surface area contributed by atoms with Crippen LogP contribution in [0.1, 0.15) is 29.8 Å². The summed E-state index contributed by atoms with van der Waals surface area (Å²) in [4.78, 5) is 8.69. The summed E-state index contributed by atoms with van der Waals surface area (Å²) in [5.41, 5.74) is 2.52. The maximum absolute atomic E-state index is 13.3. The first-order chi connectivity index (χ1) is 14.4. The first-order valence-electron chi connectivity index (χ1n) is 9.08. The van der Waals surface area contributed by atoms with Crippen molar-refractivity contribution in [2.75, 3.05) is 0 Å². The zero-order valence-corrected chi connectivity index (χ0v) is 15.8. The van der Waals surface area contributed by atoms with E-state index in [4.69, 9.17) is 14.6 Å². The van der Waals surface area contributed by atoms with Crippen LogP contribution in [0.4, 0.5) is 13.2 Å². The van der Waals surface area contributed by atoms with Crippen LogP contribution >= 0.6 is 0 Å². The van der Waals surface area contributed by atoms with Crippen molar-refractivity contribution in [1.29, 1.82) is 0 Å². The molecular formula is C21H17F3N2O4. The van der Waals surface area contributed by atoms with Crippen LogP contribution in [-0.2, 0) is 6.61 Å². The molecule has 1 aliphatic heterocycles. The van der Waals surface area contributed by atoms with Gasteiger partial charge >= 0.3 is 13.2 Å². The van der Waals surface area contributed by atoms with E-state index in [2.05, 4.69) is 14.7 Å². The number of ether oxygens (including phenoxy) is 3. The molecule has 9 heteroatoms. The van der Waals surface area contributed by atoms with Gasteiger partial charge in [0.1, 0.15) is 5.69 Å². The average molecular weight is 418 g/mol. The third-order valence-corrected chi connectivity index (χ3v) is 4.71. The van der Waals surface area contributed by atoms with Gasteiger partial charge in [-0.15, -0.1) is 0 Å². The summed E-state index contributed by atoms with van der Waals surface area (Å²) < 4.78 is 53.5. The molecule has 4 rings (SSSR count). The van der Waals surface area contributed by atoms with Crippen LogP contribution in [0, 0.1) is 0 Å². The van der Waals surface area contributed by atoms with Crippen molar-refractivity contribution < 1.29 is 32.5 Å². The van der Waals surface area contributed by atoms with Crippen LogP contribution in [-0.4, -0.2) is 28.2 Å². The Balaban J connectivity index is 1.73. The van der Waals surface area contributed by atoms with Gasteiger partial charge in [0.05, 0.1) is 12.3 Å². The molecule has 0 aliphatic carbocycles. The van der Waals surface area contributed by atoms with E-state index >= 15 is 0 Å². The molecule has 2 aromatic heterocycles. The second kappa shape index (κ2) is 8.19. The van der Waals surface area contributed by atoms with E-state index in [1.807, 2.05) is 13.0 Å². The standard InChI is InChI=1S/C21H17F3N2O4/c1-11(13-2-4-14(10-27)25-9-13)15-5-7-17(28-20(22)23)19(26-15)12-3-6-16-18(8-12)30-21(24)29-16/h2-9,11,20-21,27H,10H2,1H3. The zero-order valence-electron chi connectivity index (χ0n) is 15.8. The van der Waals surface area contributed by atoms with E-state index in [-0.39, 0.29) is 35.5 Å². The molecule has 0 spiro atoms. The smallest absolute Gasteiger partial charge is 0.397 e. The summed E-state index contributed by atoms with van der Waals surface area (Å²) in [7, 11) is 0. The van der Waals surface area contributed by atoms with Crippen molar-refractivity contribution in [3.63, 3.8) is 0 Å². The van der Waals surface area contributed by atoms with Crippen molar-refractivity contribution in [3.05, 3.63) is 65.6 Å². The van der Waals surface area contributed by atoms with Crippen LogP contribution < -0.4 is 14.2 Å². The molecule has 0 saturated carbocycles. The molecular weight excluding hydrogens is 401 g/mol. The topological polar surface area (TPSA) is 73.7 Å². The fourth-order valence-corrected chi connectivity index (χ4v) is 3.13. The summed E-state index contributed by atoms with van der Waals surface area (Å²) >= 11 is 0. The minimum atomic E-state index is -3.03. The summed E-state index contributed by atoms with van der Waals surface area (Å²) in [6.45, 7) is -3.22. The molecule has 1 aliphatic rings. The molecule has 0 saturated heterocycles. The lowest BCUT2D eigenvalue weighted by Crippen LogP contribution is -2.09. The van der Waals surface area contributed by atoms with E-state index in [1.54, 1.807) is 24.4 Å². The molecule has 6 nitrogen and oxygen atoms in total. The predicted molar refractivity (Wildman–Crippen MR) is 100 cm³/mol. The Morgan fingerprint density at radius 1 is 1.10 bits per heavy atom. The molecule has 0 bridgehead atoms. The molecule has 2 unspecified atom stereocenters. The van der Waals surface area contributed by atoms with E-state index in [1.165, 1.54) is 18.2 Å². The van der Waals surface area contributed by atoms with Gasteiger partial charge in [-0.25, -0.2) is 4.98 Å². The summed E-state index contributed by atoms with van der Waals surface area (Å²) in [5, 5.41) is 9.14. The SMILES string of the molecule is CC(c1ccc(CO)nc1)c1ccc(OC(F)F)c(-c2ccc3c(c2)OC(F)O3)n1. The number of alkyl halides is 3. The Morgan fingerprint density at radius 3 is 2.60 bits per heavy atom. The van der Waals surface area contributed by atoms with E-state index in [9.17, 15) is 13.2 Å². The first-order valence-corrected chi connectivity index (χ1v) is 9.08. The van der Waals surface area contributed by atoms with Crippen molar-refractivity contribution >= 4 is 0 Å². The lowest BCUT2D eigenvalue weighted by Gasteiger charge is -2.16. The second-order valence-electron chi connectivity index (χ2n) is 6.60. The number of halogens is 3. The van der Waals surface area contributed by atoms with Crippen molar-refractivity contribution in [2.45, 2.75) is 32.6 Å². The Labute approximate surface area is 169 Å². The molecule has 2 atom stereocenters. The Bertz CT molecular complexity index is 1050. The van der Waals surface area contributed by atoms with Crippen LogP contribution in [0.5, 0.6) is 17.2 Å². The number of nitrogens with zero attached hydrogens (tertiary/aromatic N) is 2. The van der Waals surface area contributed by atoms with Gasteiger partial charge in [0.2, 0.25) is 0 Å². The highest BCUT2D eigenvalue weighted by Gasteiger charge is 2.25. The molecule has 156 valence electrons. The van der Waals surface area contributed by atoms with Crippen molar-refractivity contribution in [1.82, 2.24) is 9.97 Å². The lowest BCUT2D eigenvalue weighted by atomic mass is 9.97. The van der Waals surface area contributed by atoms with Gasteiger partial charge in [-0.1, -0.05) is 13.0 Å². The second-order valence-corrected chi connectivity index (χ2v) is 6.60. The van der Waals surface area contributed by atoms with Gasteiger partial charge in [-0.05, 0) is 42.0 Å². The molecule has 1 N–H and O–H groups in total. The third-order valence-electron chi connectivity index (χ3n) is 4.71. The molecule has 0 amide bonds. The van der Waals surface area contributed by atoms with Gasteiger partial charge in [-0.2, -0.15) is 13.2 Å². The van der Waals surface area contributed by atoms with Crippen LogP contribution in [0.25, 0.3) is 11.3 Å². The number of benzene rings is 1. The molecule has 3 aromatic rings. The van der Waals surface area contributed by atoms with Crippen LogP contribution in [0.3, 0.4) is 0 Å². The van der Waals surface area contributed by atoms with E-state index in [0.717, 1.165) is 5.56 Å². The summed E-state index contributed by atoms with van der Waals surface area (Å²) in [5.74, 6) is 0.0216. The summed E-state index contributed by atoms with van der Waals surface area (Å²) in [6.07, 6.45) is 1.63. The van der Waals surface area contributed by atoms with Gasteiger partial charge in [0.15, 0.2) is 17.2 Å². The summed E-state index contributed by atoms with van der Waals surface area (Å²) in [6, 6.07) is 11.0. The number of hydrogen-bond donors (Lipinski definition) is 1. The maximum Gasteiger partial charge on any atom is 0.397 e. The van der Waals surface area contributed by atoms with Crippen molar-refractivity contribution in [2.24, 2.45) is 0 Å². The number of hydrogen-bond acceptors (Lipinski definition) is 6. The highest BCUT2D eigenvalue weighted by atomic mass is 19.3. The van der Waals surface area contributed by atoms with E-state index in [0.29, 0.717) is 17.0 Å². The average Bonchev–Trinajstić information content (AvgIpc) is 3.12. The molecule has 0 fully saturated rings. The molecule has 0 radical (unpaired) electrons. The number of rotatable bonds is 6. The molecule has 30 heavy (non-hydrogen) atoms. The number of aromatic nitrogens is 2. The number of pyridine rings is 2. The molecule has 3 heterocycles. The monoisotopic (exact) mass is 418 g/mol. The Hall–Kier alpha value is -3.33. The maximum atomic E-state index is 13.3. The van der Waals surface area contributed by atoms with E-state index < -0.39 is 13.2 Å². The Morgan fingerprint density at radius 2 is 1.90 bits per heavy atom. The number of aliphatic hydroxyl groups excluding tert-OH is 1. The van der Waals surface area contributed by atoms with Gasteiger partial charge in [0, 0.05) is 23.4 Å². The first kappa shape index (κ1) is 20.0. The lowest BCUT2D eigenvalue weighted by molar-refractivity contribution is -0.0652. The van der Waals surface area contributed by atoms with Crippen LogP contribution in [0.2, 0.25) is 0 Å².